The maximum Gasteiger partial charge on any atom is 0.259 e. The molecule has 0 saturated carbocycles. The van der Waals surface area contributed by atoms with Gasteiger partial charge in [0.05, 0.1) is 16.4 Å². The van der Waals surface area contributed by atoms with E-state index in [1.54, 1.807) is 54.6 Å². The second-order valence-corrected chi connectivity index (χ2v) is 6.51. The molecule has 0 unspecified atom stereocenters. The van der Waals surface area contributed by atoms with E-state index in [0.29, 0.717) is 16.4 Å². The molecule has 2 heterocycles. The number of anilines is 2. The first-order chi connectivity index (χ1) is 12.5. The van der Waals surface area contributed by atoms with Gasteiger partial charge in [-0.05, 0) is 24.3 Å². The van der Waals surface area contributed by atoms with Gasteiger partial charge in [-0.1, -0.05) is 41.9 Å². The maximum atomic E-state index is 13.1. The van der Waals surface area contributed by atoms with Gasteiger partial charge in [0.1, 0.15) is 17.7 Å². The standard InChI is InChI=1S/C19H14ClN3O3/c1-11(24)16-15-17(23(21-16)14-10-6-5-9-13(14)20)19(26)22(18(15)25)12-7-3-2-4-8-12/h2-10,15,17H,1H3/t15-,17+/m1/s1. The number of hydrogen-bond acceptors (Lipinski definition) is 5. The smallest absolute Gasteiger partial charge is 0.259 e. The van der Waals surface area contributed by atoms with Crippen LogP contribution in [0.2, 0.25) is 5.02 Å². The summed E-state index contributed by atoms with van der Waals surface area (Å²) < 4.78 is 0. The van der Waals surface area contributed by atoms with E-state index in [0.717, 1.165) is 4.90 Å². The summed E-state index contributed by atoms with van der Waals surface area (Å²) in [6.45, 7) is 1.34. The van der Waals surface area contributed by atoms with Crippen molar-refractivity contribution in [2.45, 2.75) is 13.0 Å². The van der Waals surface area contributed by atoms with Crippen LogP contribution in [0.3, 0.4) is 0 Å². The van der Waals surface area contributed by atoms with Gasteiger partial charge in [-0.15, -0.1) is 0 Å². The molecule has 4 rings (SSSR count). The van der Waals surface area contributed by atoms with Crippen molar-refractivity contribution < 1.29 is 14.4 Å². The summed E-state index contributed by atoms with van der Waals surface area (Å²) in [7, 11) is 0. The van der Waals surface area contributed by atoms with Crippen molar-refractivity contribution in [3.05, 3.63) is 59.6 Å². The molecule has 2 atom stereocenters. The molecule has 6 nitrogen and oxygen atoms in total. The fourth-order valence-corrected chi connectivity index (χ4v) is 3.59. The monoisotopic (exact) mass is 367 g/mol. The molecule has 130 valence electrons. The van der Waals surface area contributed by atoms with Crippen LogP contribution in [0.5, 0.6) is 0 Å². The average Bonchev–Trinajstić information content (AvgIpc) is 3.14. The molecule has 2 aromatic rings. The number of rotatable bonds is 3. The fourth-order valence-electron chi connectivity index (χ4n) is 3.37. The summed E-state index contributed by atoms with van der Waals surface area (Å²) >= 11 is 6.25. The van der Waals surface area contributed by atoms with E-state index in [1.807, 2.05) is 0 Å². The number of hydrogen-bond donors (Lipinski definition) is 0. The van der Waals surface area contributed by atoms with Crippen molar-refractivity contribution in [1.82, 2.24) is 0 Å². The first-order valence-electron chi connectivity index (χ1n) is 8.06. The zero-order chi connectivity index (χ0) is 18.4. The molecule has 0 aliphatic carbocycles. The summed E-state index contributed by atoms with van der Waals surface area (Å²) in [4.78, 5) is 39.3. The third-order valence-corrected chi connectivity index (χ3v) is 4.84. The van der Waals surface area contributed by atoms with Gasteiger partial charge < -0.3 is 0 Å². The molecule has 1 fully saturated rings. The topological polar surface area (TPSA) is 70.1 Å². The number of para-hydroxylation sites is 2. The lowest BCUT2D eigenvalue weighted by molar-refractivity contribution is -0.122. The van der Waals surface area contributed by atoms with Gasteiger partial charge >= 0.3 is 0 Å². The van der Waals surface area contributed by atoms with Gasteiger partial charge in [0.15, 0.2) is 5.78 Å². The quantitative estimate of drug-likeness (QED) is 0.782. The van der Waals surface area contributed by atoms with Crippen LogP contribution in [0.25, 0.3) is 0 Å². The number of ketones is 1. The van der Waals surface area contributed by atoms with Crippen molar-refractivity contribution in [2.24, 2.45) is 11.0 Å². The van der Waals surface area contributed by atoms with Gasteiger partial charge in [0, 0.05) is 6.92 Å². The number of carbonyl (C=O) groups is 3. The van der Waals surface area contributed by atoms with Crippen molar-refractivity contribution in [2.75, 3.05) is 9.91 Å². The summed E-state index contributed by atoms with van der Waals surface area (Å²) in [5.74, 6) is -2.15. The third-order valence-electron chi connectivity index (χ3n) is 4.52. The van der Waals surface area contributed by atoms with E-state index < -0.39 is 23.8 Å². The Morgan fingerprint density at radius 1 is 1.00 bits per heavy atom. The lowest BCUT2D eigenvalue weighted by Gasteiger charge is -2.22. The second kappa shape index (κ2) is 6.07. The Balaban J connectivity index is 1.83. The number of amides is 2. The van der Waals surface area contributed by atoms with Crippen LogP contribution < -0.4 is 9.91 Å². The van der Waals surface area contributed by atoms with Gasteiger partial charge in [-0.3, -0.25) is 14.4 Å². The number of hydrazone groups is 1. The summed E-state index contributed by atoms with van der Waals surface area (Å²) in [6.07, 6.45) is 0. The van der Waals surface area contributed by atoms with Crippen LogP contribution in [0.15, 0.2) is 59.7 Å². The van der Waals surface area contributed by atoms with Crippen LogP contribution in [0, 0.1) is 5.92 Å². The average molecular weight is 368 g/mol. The first kappa shape index (κ1) is 16.5. The predicted molar refractivity (Wildman–Crippen MR) is 98.3 cm³/mol. The Morgan fingerprint density at radius 2 is 1.65 bits per heavy atom. The zero-order valence-corrected chi connectivity index (χ0v) is 14.6. The molecule has 0 radical (unpaired) electrons. The predicted octanol–water partition coefficient (Wildman–Crippen LogP) is 2.66. The molecule has 0 spiro atoms. The molecular weight excluding hydrogens is 354 g/mol. The Kier molecular flexibility index (Phi) is 3.85. The minimum atomic E-state index is -0.934. The van der Waals surface area contributed by atoms with E-state index in [4.69, 9.17) is 11.6 Å². The molecule has 2 aliphatic rings. The van der Waals surface area contributed by atoms with Gasteiger partial charge in [0.25, 0.3) is 5.91 Å². The minimum absolute atomic E-state index is 0.0756. The molecular formula is C19H14ClN3O3. The molecule has 0 bridgehead atoms. The Labute approximate surface area is 154 Å². The normalized spacial score (nSPS) is 21.8. The van der Waals surface area contributed by atoms with E-state index >= 15 is 0 Å². The Bertz CT molecular complexity index is 958. The number of imide groups is 1. The van der Waals surface area contributed by atoms with Gasteiger partial charge in [0.2, 0.25) is 5.91 Å². The van der Waals surface area contributed by atoms with E-state index in [1.165, 1.54) is 11.9 Å². The number of halogens is 1. The van der Waals surface area contributed by atoms with E-state index in [-0.39, 0.29) is 11.5 Å². The van der Waals surface area contributed by atoms with Gasteiger partial charge in [-0.25, -0.2) is 9.91 Å². The molecule has 7 heteroatoms. The number of carbonyl (C=O) groups excluding carboxylic acids is 3. The summed E-state index contributed by atoms with van der Waals surface area (Å²) in [5.41, 5.74) is 1.03. The highest BCUT2D eigenvalue weighted by Gasteiger charge is 2.58. The molecule has 0 N–H and O–H groups in total. The first-order valence-corrected chi connectivity index (χ1v) is 8.44. The second-order valence-electron chi connectivity index (χ2n) is 6.11. The minimum Gasteiger partial charge on any atom is -0.293 e. The van der Waals surface area contributed by atoms with Crippen LogP contribution in [-0.2, 0) is 14.4 Å². The van der Waals surface area contributed by atoms with Gasteiger partial charge in [-0.2, -0.15) is 5.10 Å². The van der Waals surface area contributed by atoms with Crippen LogP contribution in [0.1, 0.15) is 6.92 Å². The highest BCUT2D eigenvalue weighted by molar-refractivity contribution is 6.49. The van der Waals surface area contributed by atoms with Crippen molar-refractivity contribution in [3.63, 3.8) is 0 Å². The van der Waals surface area contributed by atoms with E-state index in [2.05, 4.69) is 5.10 Å². The zero-order valence-electron chi connectivity index (χ0n) is 13.8. The lowest BCUT2D eigenvalue weighted by atomic mass is 9.95. The van der Waals surface area contributed by atoms with Crippen LogP contribution in [0.4, 0.5) is 11.4 Å². The highest BCUT2D eigenvalue weighted by Crippen LogP contribution is 2.39. The molecule has 2 aliphatic heterocycles. The van der Waals surface area contributed by atoms with Crippen molar-refractivity contribution >= 4 is 46.3 Å². The lowest BCUT2D eigenvalue weighted by Crippen LogP contribution is -2.39. The van der Waals surface area contributed by atoms with E-state index in [9.17, 15) is 14.4 Å². The number of benzene rings is 2. The van der Waals surface area contributed by atoms with Crippen molar-refractivity contribution in [3.8, 4) is 0 Å². The SMILES string of the molecule is CC(=O)C1=NN(c2ccccc2Cl)[C@@H]2C(=O)N(c3ccccc3)C(=O)[C@H]12. The fraction of sp³-hybridized carbons (Fsp3) is 0.158. The largest absolute Gasteiger partial charge is 0.293 e. The number of nitrogens with zero attached hydrogens (tertiary/aromatic N) is 3. The summed E-state index contributed by atoms with van der Waals surface area (Å²) in [6, 6.07) is 14.6. The van der Waals surface area contributed by atoms with Crippen LogP contribution >= 0.6 is 11.6 Å². The summed E-state index contributed by atoms with van der Waals surface area (Å²) in [5, 5.41) is 6.06. The van der Waals surface area contributed by atoms with Crippen molar-refractivity contribution in [1.29, 1.82) is 0 Å². The molecule has 1 saturated heterocycles. The van der Waals surface area contributed by atoms with Crippen LogP contribution in [-0.4, -0.2) is 29.4 Å². The molecule has 0 aromatic heterocycles. The molecule has 2 aromatic carbocycles. The Morgan fingerprint density at radius 3 is 2.31 bits per heavy atom. The number of fused-ring (bicyclic) bond motifs is 1. The Hall–Kier alpha value is -2.99. The maximum absolute atomic E-state index is 13.1. The highest BCUT2D eigenvalue weighted by atomic mass is 35.5. The molecule has 2 amide bonds. The third kappa shape index (κ3) is 2.34. The number of Topliss-reactive ketones (excluding diaryl/α,β-unsaturated/α-hetero) is 1. The molecule has 26 heavy (non-hydrogen) atoms.